The number of fused-ring (bicyclic) bond motifs is 1. The summed E-state index contributed by atoms with van der Waals surface area (Å²) in [5.74, 6) is 0.749. The molecule has 0 saturated heterocycles. The van der Waals surface area contributed by atoms with Crippen molar-refractivity contribution in [3.63, 3.8) is 0 Å². The minimum absolute atomic E-state index is 0.696. The number of para-hydroxylation sites is 1. The Hall–Kier alpha value is -1.88. The molecule has 2 heterocycles. The lowest BCUT2D eigenvalue weighted by Crippen LogP contribution is -1.94. The van der Waals surface area contributed by atoms with Crippen LogP contribution in [0.3, 0.4) is 0 Å². The first-order chi connectivity index (χ1) is 8.25. The van der Waals surface area contributed by atoms with E-state index >= 15 is 0 Å². The predicted octanol–water partition coefficient (Wildman–Crippen LogP) is 2.74. The molecule has 2 N–H and O–H groups in total. The number of anilines is 1. The zero-order chi connectivity index (χ0) is 11.8. The molecular formula is C12H9BrN4. The van der Waals surface area contributed by atoms with Crippen LogP contribution in [-0.2, 0) is 0 Å². The van der Waals surface area contributed by atoms with E-state index in [2.05, 4.69) is 26.1 Å². The molecule has 84 valence electrons. The van der Waals surface area contributed by atoms with Gasteiger partial charge in [-0.3, -0.25) is 4.40 Å². The first-order valence-corrected chi connectivity index (χ1v) is 5.90. The van der Waals surface area contributed by atoms with Crippen molar-refractivity contribution in [3.05, 3.63) is 47.1 Å². The molecule has 3 rings (SSSR count). The largest absolute Gasteiger partial charge is 0.398 e. The molecule has 2 aromatic heterocycles. The number of aromatic nitrogens is 3. The fourth-order valence-corrected chi connectivity index (χ4v) is 2.09. The second-order valence-corrected chi connectivity index (χ2v) is 4.60. The topological polar surface area (TPSA) is 56.2 Å². The Morgan fingerprint density at radius 1 is 1.06 bits per heavy atom. The van der Waals surface area contributed by atoms with E-state index in [1.807, 2.05) is 47.0 Å². The van der Waals surface area contributed by atoms with E-state index in [4.69, 9.17) is 5.73 Å². The molecule has 0 aliphatic rings. The van der Waals surface area contributed by atoms with Crippen LogP contribution < -0.4 is 5.73 Å². The van der Waals surface area contributed by atoms with Gasteiger partial charge in [-0.1, -0.05) is 12.1 Å². The Labute approximate surface area is 106 Å². The van der Waals surface area contributed by atoms with Crippen LogP contribution in [0.1, 0.15) is 0 Å². The molecule has 0 unspecified atom stereocenters. The van der Waals surface area contributed by atoms with Crippen molar-refractivity contribution in [2.75, 3.05) is 5.73 Å². The van der Waals surface area contributed by atoms with Crippen molar-refractivity contribution >= 4 is 27.3 Å². The van der Waals surface area contributed by atoms with E-state index < -0.39 is 0 Å². The SMILES string of the molecule is Nc1ccccc1-c1nnc2ccc(Br)cn12. The fourth-order valence-electron chi connectivity index (χ4n) is 1.75. The van der Waals surface area contributed by atoms with Crippen LogP contribution in [-0.4, -0.2) is 14.6 Å². The number of halogens is 1. The molecule has 0 atom stereocenters. The average molecular weight is 289 g/mol. The van der Waals surface area contributed by atoms with E-state index in [0.717, 1.165) is 21.5 Å². The molecule has 0 saturated carbocycles. The molecule has 4 nitrogen and oxygen atoms in total. The van der Waals surface area contributed by atoms with Gasteiger partial charge in [-0.15, -0.1) is 10.2 Å². The van der Waals surface area contributed by atoms with Gasteiger partial charge in [-0.25, -0.2) is 0 Å². The Bertz CT molecular complexity index is 690. The van der Waals surface area contributed by atoms with Gasteiger partial charge >= 0.3 is 0 Å². The molecule has 0 amide bonds. The summed E-state index contributed by atoms with van der Waals surface area (Å²) in [5, 5.41) is 8.29. The maximum absolute atomic E-state index is 5.95. The summed E-state index contributed by atoms with van der Waals surface area (Å²) in [7, 11) is 0. The number of rotatable bonds is 1. The smallest absolute Gasteiger partial charge is 0.170 e. The molecule has 0 bridgehead atoms. The molecule has 0 spiro atoms. The number of hydrogen-bond acceptors (Lipinski definition) is 3. The summed E-state index contributed by atoms with van der Waals surface area (Å²) in [5.41, 5.74) is 8.33. The Morgan fingerprint density at radius 3 is 2.71 bits per heavy atom. The summed E-state index contributed by atoms with van der Waals surface area (Å²) in [6.45, 7) is 0. The second-order valence-electron chi connectivity index (χ2n) is 3.69. The highest BCUT2D eigenvalue weighted by Crippen LogP contribution is 2.25. The predicted molar refractivity (Wildman–Crippen MR) is 70.5 cm³/mol. The van der Waals surface area contributed by atoms with Gasteiger partial charge in [0.2, 0.25) is 0 Å². The van der Waals surface area contributed by atoms with Gasteiger partial charge in [-0.05, 0) is 40.2 Å². The minimum atomic E-state index is 0.696. The molecule has 0 aliphatic carbocycles. The second kappa shape index (κ2) is 3.85. The third-order valence-electron chi connectivity index (χ3n) is 2.57. The van der Waals surface area contributed by atoms with Gasteiger partial charge in [0.15, 0.2) is 11.5 Å². The summed E-state index contributed by atoms with van der Waals surface area (Å²) in [6, 6.07) is 11.5. The maximum atomic E-state index is 5.95. The Kier molecular flexibility index (Phi) is 2.33. The lowest BCUT2D eigenvalue weighted by atomic mass is 10.2. The van der Waals surface area contributed by atoms with Crippen molar-refractivity contribution in [3.8, 4) is 11.4 Å². The lowest BCUT2D eigenvalue weighted by molar-refractivity contribution is 1.11. The van der Waals surface area contributed by atoms with Crippen LogP contribution in [0, 0.1) is 0 Å². The highest BCUT2D eigenvalue weighted by Gasteiger charge is 2.10. The summed E-state index contributed by atoms with van der Waals surface area (Å²) < 4.78 is 2.89. The average Bonchev–Trinajstić information content (AvgIpc) is 2.72. The summed E-state index contributed by atoms with van der Waals surface area (Å²) >= 11 is 3.43. The number of hydrogen-bond donors (Lipinski definition) is 1. The lowest BCUT2D eigenvalue weighted by Gasteiger charge is -2.03. The number of nitrogens with two attached hydrogens (primary N) is 1. The van der Waals surface area contributed by atoms with E-state index in [1.165, 1.54) is 0 Å². The van der Waals surface area contributed by atoms with E-state index in [9.17, 15) is 0 Å². The van der Waals surface area contributed by atoms with Gasteiger partial charge in [-0.2, -0.15) is 0 Å². The van der Waals surface area contributed by atoms with Gasteiger partial charge in [0.1, 0.15) is 0 Å². The molecule has 5 heteroatoms. The quantitative estimate of drug-likeness (QED) is 0.701. The summed E-state index contributed by atoms with van der Waals surface area (Å²) in [4.78, 5) is 0. The van der Waals surface area contributed by atoms with Crippen LogP contribution in [0.5, 0.6) is 0 Å². The van der Waals surface area contributed by atoms with Gasteiger partial charge in [0.05, 0.1) is 0 Å². The van der Waals surface area contributed by atoms with Crippen LogP contribution >= 0.6 is 15.9 Å². The zero-order valence-corrected chi connectivity index (χ0v) is 10.4. The van der Waals surface area contributed by atoms with Crippen molar-refractivity contribution < 1.29 is 0 Å². The minimum Gasteiger partial charge on any atom is -0.398 e. The van der Waals surface area contributed by atoms with Crippen molar-refractivity contribution in [2.24, 2.45) is 0 Å². The van der Waals surface area contributed by atoms with E-state index in [0.29, 0.717) is 5.69 Å². The van der Waals surface area contributed by atoms with Gasteiger partial charge < -0.3 is 5.73 Å². The standard InChI is InChI=1S/C12H9BrN4/c13-8-5-6-11-15-16-12(17(11)7-8)9-3-1-2-4-10(9)14/h1-7H,14H2. The number of pyridine rings is 1. The fraction of sp³-hybridized carbons (Fsp3) is 0. The first kappa shape index (κ1) is 10.3. The normalized spacial score (nSPS) is 10.9. The van der Waals surface area contributed by atoms with Crippen LogP contribution in [0.15, 0.2) is 47.1 Å². The third-order valence-corrected chi connectivity index (χ3v) is 3.04. The monoisotopic (exact) mass is 288 g/mol. The molecule has 17 heavy (non-hydrogen) atoms. The Balaban J connectivity index is 2.31. The van der Waals surface area contributed by atoms with Crippen molar-refractivity contribution in [1.82, 2.24) is 14.6 Å². The molecule has 0 fully saturated rings. The van der Waals surface area contributed by atoms with Crippen LogP contribution in [0.4, 0.5) is 5.69 Å². The highest BCUT2D eigenvalue weighted by molar-refractivity contribution is 9.10. The van der Waals surface area contributed by atoms with Gasteiger partial charge in [0, 0.05) is 21.9 Å². The first-order valence-electron chi connectivity index (χ1n) is 5.11. The third kappa shape index (κ3) is 1.68. The van der Waals surface area contributed by atoms with Crippen molar-refractivity contribution in [2.45, 2.75) is 0 Å². The molecule has 1 aromatic carbocycles. The van der Waals surface area contributed by atoms with Crippen LogP contribution in [0.25, 0.3) is 17.0 Å². The maximum Gasteiger partial charge on any atom is 0.170 e. The number of nitrogen functional groups attached to an aromatic ring is 1. The molecular weight excluding hydrogens is 280 g/mol. The number of nitrogens with zero attached hydrogens (tertiary/aromatic N) is 3. The van der Waals surface area contributed by atoms with Crippen LogP contribution in [0.2, 0.25) is 0 Å². The summed E-state index contributed by atoms with van der Waals surface area (Å²) in [6.07, 6.45) is 1.93. The van der Waals surface area contributed by atoms with Crippen molar-refractivity contribution in [1.29, 1.82) is 0 Å². The number of benzene rings is 1. The Morgan fingerprint density at radius 2 is 1.88 bits per heavy atom. The molecule has 0 radical (unpaired) electrons. The van der Waals surface area contributed by atoms with Gasteiger partial charge in [0.25, 0.3) is 0 Å². The molecule has 0 aliphatic heterocycles. The zero-order valence-electron chi connectivity index (χ0n) is 8.84. The van der Waals surface area contributed by atoms with E-state index in [1.54, 1.807) is 0 Å². The molecule has 3 aromatic rings. The van der Waals surface area contributed by atoms with E-state index in [-0.39, 0.29) is 0 Å². The highest BCUT2D eigenvalue weighted by atomic mass is 79.9.